The van der Waals surface area contributed by atoms with Gasteiger partial charge >= 0.3 is 17.9 Å². The molecule has 0 aromatic carbocycles. The molecule has 0 saturated heterocycles. The van der Waals surface area contributed by atoms with Crippen molar-refractivity contribution in [2.24, 2.45) is 0 Å². The lowest BCUT2D eigenvalue weighted by Gasteiger charge is -2.18. The highest BCUT2D eigenvalue weighted by Crippen LogP contribution is 2.16. The van der Waals surface area contributed by atoms with Gasteiger partial charge in [0.15, 0.2) is 6.10 Å². The minimum atomic E-state index is -0.784. The number of hydrogen-bond donors (Lipinski definition) is 0. The van der Waals surface area contributed by atoms with Crippen LogP contribution >= 0.6 is 0 Å². The molecule has 0 radical (unpaired) electrons. The van der Waals surface area contributed by atoms with E-state index in [-0.39, 0.29) is 31.1 Å². The van der Waals surface area contributed by atoms with E-state index in [0.29, 0.717) is 19.3 Å². The molecule has 0 aromatic heterocycles. The molecule has 1 atom stereocenters. The number of allylic oxidation sites excluding steroid dienone is 16. The number of carbonyl (C=O) groups excluding carboxylic acids is 3. The van der Waals surface area contributed by atoms with E-state index in [2.05, 4.69) is 118 Å². The van der Waals surface area contributed by atoms with Gasteiger partial charge in [-0.3, -0.25) is 14.4 Å². The fourth-order valence-corrected chi connectivity index (χ4v) is 9.36. The number of unbranched alkanes of at least 4 members (excludes halogenated alkanes) is 33. The van der Waals surface area contributed by atoms with Gasteiger partial charge in [0.1, 0.15) is 13.2 Å². The van der Waals surface area contributed by atoms with Gasteiger partial charge in [0.25, 0.3) is 0 Å². The van der Waals surface area contributed by atoms with Crippen LogP contribution in [0.3, 0.4) is 0 Å². The number of ether oxygens (including phenoxy) is 3. The largest absolute Gasteiger partial charge is 0.462 e. The van der Waals surface area contributed by atoms with Crippen molar-refractivity contribution in [1.29, 1.82) is 0 Å². The lowest BCUT2D eigenvalue weighted by Crippen LogP contribution is -2.30. The maximum Gasteiger partial charge on any atom is 0.306 e. The van der Waals surface area contributed by atoms with Crippen molar-refractivity contribution in [3.63, 3.8) is 0 Å². The van der Waals surface area contributed by atoms with Crippen LogP contribution in [0, 0.1) is 0 Å². The molecular weight excluding hydrogens is 961 g/mol. The summed E-state index contributed by atoms with van der Waals surface area (Å²) in [6.45, 7) is 6.52. The van der Waals surface area contributed by atoms with E-state index in [1.807, 2.05) is 0 Å². The summed E-state index contributed by atoms with van der Waals surface area (Å²) in [5.41, 5.74) is 0. The molecule has 0 amide bonds. The normalized spacial score (nSPS) is 12.7. The summed E-state index contributed by atoms with van der Waals surface area (Å²) in [6.07, 6.45) is 88.5. The predicted molar refractivity (Wildman–Crippen MR) is 339 cm³/mol. The first kappa shape index (κ1) is 74.3. The number of carbonyl (C=O) groups is 3. The summed E-state index contributed by atoms with van der Waals surface area (Å²) in [7, 11) is 0. The summed E-state index contributed by atoms with van der Waals surface area (Å²) in [6, 6.07) is 0. The third-order valence-corrected chi connectivity index (χ3v) is 14.3. The van der Waals surface area contributed by atoms with Gasteiger partial charge in [0, 0.05) is 19.3 Å². The Morgan fingerprint density at radius 3 is 0.782 bits per heavy atom. The summed E-state index contributed by atoms with van der Waals surface area (Å²) in [5.74, 6) is -0.884. The quantitative estimate of drug-likeness (QED) is 0.0261. The standard InChI is InChI=1S/C72H124O6/c1-4-7-10-13-16-19-22-24-26-28-30-32-34-35-36-37-39-40-42-44-46-48-50-53-56-59-62-65-71(74)77-68-69(67-76-70(73)64-61-58-55-52-21-18-15-12-9-6-3)78-72(75)66-63-60-57-54-51-49-47-45-43-41-38-33-31-29-27-25-23-20-17-14-11-8-5-2/h8,11,17,20,22,24-25,27-28,30-31,33-35,41,43,69H,4-7,9-10,12-16,18-19,21,23,26,29,32,36-40,42,44-68H2,1-3H3/b11-8-,20-17-,24-22-,27-25-,30-28-,33-31-,35-34-,43-41-. The minimum absolute atomic E-state index is 0.0802. The third-order valence-electron chi connectivity index (χ3n) is 14.3. The molecule has 0 aliphatic rings. The molecule has 0 fully saturated rings. The van der Waals surface area contributed by atoms with Crippen molar-refractivity contribution >= 4 is 17.9 Å². The van der Waals surface area contributed by atoms with Crippen LogP contribution in [0.5, 0.6) is 0 Å². The molecule has 1 unspecified atom stereocenters. The van der Waals surface area contributed by atoms with E-state index < -0.39 is 6.10 Å². The number of hydrogen-bond acceptors (Lipinski definition) is 6. The molecule has 0 spiro atoms. The summed E-state index contributed by atoms with van der Waals surface area (Å²) >= 11 is 0. The van der Waals surface area contributed by atoms with Crippen molar-refractivity contribution in [3.8, 4) is 0 Å². The Bertz CT molecular complexity index is 1530. The first-order valence-corrected chi connectivity index (χ1v) is 33.2. The van der Waals surface area contributed by atoms with Crippen molar-refractivity contribution in [2.45, 2.75) is 329 Å². The molecule has 0 aliphatic carbocycles. The molecule has 0 aromatic rings. The van der Waals surface area contributed by atoms with Crippen LogP contribution in [-0.4, -0.2) is 37.2 Å². The molecule has 6 nitrogen and oxygen atoms in total. The lowest BCUT2D eigenvalue weighted by molar-refractivity contribution is -0.167. The molecule has 0 saturated carbocycles. The first-order chi connectivity index (χ1) is 38.5. The summed E-state index contributed by atoms with van der Waals surface area (Å²) in [4.78, 5) is 38.3. The second-order valence-electron chi connectivity index (χ2n) is 22.0. The third kappa shape index (κ3) is 63.2. The van der Waals surface area contributed by atoms with E-state index in [1.54, 1.807) is 0 Å². The smallest absolute Gasteiger partial charge is 0.306 e. The van der Waals surface area contributed by atoms with Gasteiger partial charge in [-0.15, -0.1) is 0 Å². The van der Waals surface area contributed by atoms with Crippen LogP contribution < -0.4 is 0 Å². The van der Waals surface area contributed by atoms with Gasteiger partial charge in [-0.1, -0.05) is 298 Å². The Morgan fingerprint density at radius 1 is 0.269 bits per heavy atom. The zero-order chi connectivity index (χ0) is 56.4. The molecule has 0 aliphatic heterocycles. The Morgan fingerprint density at radius 2 is 0.500 bits per heavy atom. The number of rotatable bonds is 60. The van der Waals surface area contributed by atoms with E-state index in [1.165, 1.54) is 173 Å². The Hall–Kier alpha value is -3.67. The Balaban J connectivity index is 4.25. The van der Waals surface area contributed by atoms with Crippen molar-refractivity contribution in [3.05, 3.63) is 97.2 Å². The van der Waals surface area contributed by atoms with Crippen molar-refractivity contribution in [1.82, 2.24) is 0 Å². The maximum absolute atomic E-state index is 12.9. The maximum atomic E-state index is 12.9. The molecule has 0 heterocycles. The van der Waals surface area contributed by atoms with Crippen LogP contribution in [0.2, 0.25) is 0 Å². The van der Waals surface area contributed by atoms with Crippen molar-refractivity contribution in [2.75, 3.05) is 13.2 Å². The Labute approximate surface area is 483 Å². The average Bonchev–Trinajstić information content (AvgIpc) is 3.44. The van der Waals surface area contributed by atoms with Gasteiger partial charge in [-0.2, -0.15) is 0 Å². The lowest BCUT2D eigenvalue weighted by atomic mass is 10.0. The van der Waals surface area contributed by atoms with E-state index in [0.717, 1.165) is 109 Å². The van der Waals surface area contributed by atoms with Gasteiger partial charge in [-0.05, 0) is 103 Å². The molecule has 6 heteroatoms. The SMILES string of the molecule is CC/C=C\C/C=C\C/C=C\C/C=C\C/C=C\CCCCCCCCCC(=O)OC(COC(=O)CCCCCCCCCCCC)COC(=O)CCCCCCCCCCCCCC/C=C\C/C=C\C/C=C\CCCCCCC. The highest BCUT2D eigenvalue weighted by atomic mass is 16.6. The van der Waals surface area contributed by atoms with E-state index in [9.17, 15) is 14.4 Å². The van der Waals surface area contributed by atoms with Crippen LogP contribution in [0.4, 0.5) is 0 Å². The topological polar surface area (TPSA) is 78.9 Å². The van der Waals surface area contributed by atoms with Crippen LogP contribution in [-0.2, 0) is 28.6 Å². The second kappa shape index (κ2) is 65.8. The zero-order valence-corrected chi connectivity index (χ0v) is 51.4. The molecular formula is C72H124O6. The van der Waals surface area contributed by atoms with Gasteiger partial charge in [0.05, 0.1) is 0 Å². The van der Waals surface area contributed by atoms with Crippen LogP contribution in [0.1, 0.15) is 323 Å². The minimum Gasteiger partial charge on any atom is -0.462 e. The molecule has 0 rings (SSSR count). The second-order valence-corrected chi connectivity index (χ2v) is 22.0. The molecule has 0 bridgehead atoms. The molecule has 448 valence electrons. The predicted octanol–water partition coefficient (Wildman–Crippen LogP) is 22.8. The summed E-state index contributed by atoms with van der Waals surface area (Å²) < 4.78 is 16.9. The number of esters is 3. The first-order valence-electron chi connectivity index (χ1n) is 33.2. The molecule has 78 heavy (non-hydrogen) atoms. The van der Waals surface area contributed by atoms with Gasteiger partial charge in [-0.25, -0.2) is 0 Å². The monoisotopic (exact) mass is 1080 g/mol. The van der Waals surface area contributed by atoms with Crippen LogP contribution in [0.15, 0.2) is 97.2 Å². The van der Waals surface area contributed by atoms with Crippen molar-refractivity contribution < 1.29 is 28.6 Å². The van der Waals surface area contributed by atoms with E-state index in [4.69, 9.17) is 14.2 Å². The highest BCUT2D eigenvalue weighted by Gasteiger charge is 2.19. The van der Waals surface area contributed by atoms with E-state index >= 15 is 0 Å². The highest BCUT2D eigenvalue weighted by molar-refractivity contribution is 5.71. The summed E-state index contributed by atoms with van der Waals surface area (Å²) in [5, 5.41) is 0. The van der Waals surface area contributed by atoms with Gasteiger partial charge < -0.3 is 14.2 Å². The average molecular weight is 1090 g/mol. The molecule has 0 N–H and O–H groups in total. The van der Waals surface area contributed by atoms with Crippen LogP contribution in [0.25, 0.3) is 0 Å². The zero-order valence-electron chi connectivity index (χ0n) is 51.4. The Kier molecular flexibility index (Phi) is 62.7. The fraction of sp³-hybridized carbons (Fsp3) is 0.736. The fourth-order valence-electron chi connectivity index (χ4n) is 9.36. The van der Waals surface area contributed by atoms with Gasteiger partial charge in [0.2, 0.25) is 0 Å².